The minimum atomic E-state index is -1.33. The molecule has 0 aliphatic heterocycles. The van der Waals surface area contributed by atoms with Crippen molar-refractivity contribution in [2.45, 2.75) is 26.4 Å². The lowest BCUT2D eigenvalue weighted by Crippen LogP contribution is -2.27. The number of carbonyl (C=O) groups is 2. The Morgan fingerprint density at radius 3 is 2.44 bits per heavy atom. The van der Waals surface area contributed by atoms with Crippen LogP contribution in [0.3, 0.4) is 0 Å². The van der Waals surface area contributed by atoms with E-state index in [0.29, 0.717) is 0 Å². The van der Waals surface area contributed by atoms with Crippen LogP contribution in [0.5, 0.6) is 0 Å². The lowest BCUT2D eigenvalue weighted by Gasteiger charge is -2.20. The number of rotatable bonds is 2. The molecule has 0 spiro atoms. The van der Waals surface area contributed by atoms with Crippen LogP contribution in [0.4, 0.5) is 14.9 Å². The van der Waals surface area contributed by atoms with E-state index in [1.807, 2.05) is 0 Å². The van der Waals surface area contributed by atoms with Crippen LogP contribution in [-0.2, 0) is 4.74 Å². The first-order valence-electron chi connectivity index (χ1n) is 5.22. The molecule has 0 saturated heterocycles. The summed E-state index contributed by atoms with van der Waals surface area (Å²) < 4.78 is 17.9. The molecule has 0 radical (unpaired) electrons. The van der Waals surface area contributed by atoms with Crippen molar-refractivity contribution in [2.24, 2.45) is 0 Å². The predicted molar refractivity (Wildman–Crippen MR) is 63.2 cm³/mol. The molecule has 6 heteroatoms. The summed E-state index contributed by atoms with van der Waals surface area (Å²) >= 11 is 0. The van der Waals surface area contributed by atoms with Gasteiger partial charge in [-0.05, 0) is 39.0 Å². The fourth-order valence-electron chi connectivity index (χ4n) is 1.22. The van der Waals surface area contributed by atoms with Gasteiger partial charge in [-0.1, -0.05) is 0 Å². The summed E-state index contributed by atoms with van der Waals surface area (Å²) in [7, 11) is 0. The average molecular weight is 255 g/mol. The third-order valence-electron chi connectivity index (χ3n) is 1.85. The van der Waals surface area contributed by atoms with E-state index >= 15 is 0 Å². The van der Waals surface area contributed by atoms with E-state index in [2.05, 4.69) is 5.32 Å². The maximum Gasteiger partial charge on any atom is 0.412 e. The van der Waals surface area contributed by atoms with Crippen molar-refractivity contribution in [3.8, 4) is 0 Å². The van der Waals surface area contributed by atoms with Gasteiger partial charge in [0, 0.05) is 0 Å². The summed E-state index contributed by atoms with van der Waals surface area (Å²) in [5, 5.41) is 11.1. The fourth-order valence-corrected chi connectivity index (χ4v) is 1.22. The van der Waals surface area contributed by atoms with Gasteiger partial charge in [0.05, 0.1) is 11.3 Å². The maximum atomic E-state index is 12.9. The predicted octanol–water partition coefficient (Wildman–Crippen LogP) is 2.87. The van der Waals surface area contributed by atoms with Crippen LogP contribution in [0, 0.1) is 5.82 Å². The van der Waals surface area contributed by atoms with Gasteiger partial charge in [0.15, 0.2) is 0 Å². The summed E-state index contributed by atoms with van der Waals surface area (Å²) in [4.78, 5) is 22.3. The molecule has 5 nitrogen and oxygen atoms in total. The minimum absolute atomic E-state index is 0.0156. The quantitative estimate of drug-likeness (QED) is 0.852. The molecule has 1 aromatic rings. The van der Waals surface area contributed by atoms with Crippen LogP contribution in [0.1, 0.15) is 31.1 Å². The van der Waals surface area contributed by atoms with Crippen LogP contribution < -0.4 is 5.32 Å². The Labute approximate surface area is 104 Å². The minimum Gasteiger partial charge on any atom is -0.478 e. The highest BCUT2D eigenvalue weighted by atomic mass is 19.1. The zero-order valence-corrected chi connectivity index (χ0v) is 10.3. The summed E-state index contributed by atoms with van der Waals surface area (Å²) in [5.41, 5.74) is -1.05. The second-order valence-corrected chi connectivity index (χ2v) is 4.62. The maximum absolute atomic E-state index is 12.9. The van der Waals surface area contributed by atoms with Gasteiger partial charge in [-0.15, -0.1) is 0 Å². The third kappa shape index (κ3) is 4.04. The van der Waals surface area contributed by atoms with Crippen LogP contribution in [-0.4, -0.2) is 22.8 Å². The number of hydrogen-bond donors (Lipinski definition) is 2. The van der Waals surface area contributed by atoms with Gasteiger partial charge in [0.25, 0.3) is 0 Å². The number of anilines is 1. The SMILES string of the molecule is CC(C)(C)OC(=O)Nc1ccc(F)cc1C(=O)O. The Hall–Kier alpha value is -2.11. The molecule has 0 aromatic heterocycles. The Balaban J connectivity index is 2.91. The van der Waals surface area contributed by atoms with Gasteiger partial charge < -0.3 is 9.84 Å². The van der Waals surface area contributed by atoms with Crippen LogP contribution >= 0.6 is 0 Å². The van der Waals surface area contributed by atoms with Crippen LogP contribution in [0.25, 0.3) is 0 Å². The molecule has 0 unspecified atom stereocenters. The Bertz CT molecular complexity index is 479. The lowest BCUT2D eigenvalue weighted by atomic mass is 10.1. The van der Waals surface area contributed by atoms with E-state index in [9.17, 15) is 14.0 Å². The van der Waals surface area contributed by atoms with Crippen molar-refractivity contribution in [3.63, 3.8) is 0 Å². The molecular formula is C12H14FNO4. The molecule has 0 atom stereocenters. The average Bonchev–Trinajstić information content (AvgIpc) is 2.17. The van der Waals surface area contributed by atoms with Gasteiger partial charge >= 0.3 is 12.1 Å². The zero-order chi connectivity index (χ0) is 13.9. The molecular weight excluding hydrogens is 241 g/mol. The van der Waals surface area contributed by atoms with Crippen molar-refractivity contribution in [3.05, 3.63) is 29.6 Å². The van der Waals surface area contributed by atoms with Crippen molar-refractivity contribution < 1.29 is 23.8 Å². The van der Waals surface area contributed by atoms with E-state index in [1.165, 1.54) is 6.07 Å². The summed E-state index contributed by atoms with van der Waals surface area (Å²) in [6.07, 6.45) is -0.795. The topological polar surface area (TPSA) is 75.6 Å². The van der Waals surface area contributed by atoms with Gasteiger partial charge in [-0.25, -0.2) is 14.0 Å². The molecule has 2 N–H and O–H groups in total. The second-order valence-electron chi connectivity index (χ2n) is 4.62. The van der Waals surface area contributed by atoms with E-state index in [0.717, 1.165) is 12.1 Å². The Morgan fingerprint density at radius 1 is 1.33 bits per heavy atom. The zero-order valence-electron chi connectivity index (χ0n) is 10.3. The number of amides is 1. The van der Waals surface area contributed by atoms with E-state index in [1.54, 1.807) is 20.8 Å². The highest BCUT2D eigenvalue weighted by Crippen LogP contribution is 2.18. The standard InChI is InChI=1S/C12H14FNO4/c1-12(2,3)18-11(17)14-9-5-4-7(13)6-8(9)10(15)16/h4-6H,1-3H3,(H,14,17)(H,15,16). The highest BCUT2D eigenvalue weighted by Gasteiger charge is 2.19. The third-order valence-corrected chi connectivity index (χ3v) is 1.85. The Kier molecular flexibility index (Phi) is 3.90. The lowest BCUT2D eigenvalue weighted by molar-refractivity contribution is 0.0636. The number of carboxylic acid groups (broad SMARTS) is 1. The van der Waals surface area contributed by atoms with Gasteiger partial charge in [0.2, 0.25) is 0 Å². The number of ether oxygens (including phenoxy) is 1. The number of aromatic carboxylic acids is 1. The highest BCUT2D eigenvalue weighted by molar-refractivity contribution is 5.98. The van der Waals surface area contributed by atoms with Crippen molar-refractivity contribution in [1.82, 2.24) is 0 Å². The number of nitrogens with one attached hydrogen (secondary N) is 1. The van der Waals surface area contributed by atoms with Crippen LogP contribution in [0.2, 0.25) is 0 Å². The van der Waals surface area contributed by atoms with Crippen LogP contribution in [0.15, 0.2) is 18.2 Å². The second kappa shape index (κ2) is 5.03. The number of carboxylic acids is 1. The van der Waals surface area contributed by atoms with Gasteiger partial charge in [-0.2, -0.15) is 0 Å². The smallest absolute Gasteiger partial charge is 0.412 e. The van der Waals surface area contributed by atoms with Gasteiger partial charge in [0.1, 0.15) is 11.4 Å². The number of carbonyl (C=O) groups excluding carboxylic acids is 1. The first-order chi connectivity index (χ1) is 8.19. The summed E-state index contributed by atoms with van der Waals surface area (Å²) in [6, 6.07) is 3.05. The molecule has 0 bridgehead atoms. The molecule has 0 saturated carbocycles. The molecule has 1 aromatic carbocycles. The van der Waals surface area contributed by atoms with Gasteiger partial charge in [-0.3, -0.25) is 5.32 Å². The van der Waals surface area contributed by atoms with Crippen molar-refractivity contribution in [2.75, 3.05) is 5.32 Å². The fraction of sp³-hybridized carbons (Fsp3) is 0.333. The first-order valence-corrected chi connectivity index (χ1v) is 5.22. The molecule has 0 fully saturated rings. The van der Waals surface area contributed by atoms with E-state index in [4.69, 9.17) is 9.84 Å². The van der Waals surface area contributed by atoms with Crippen molar-refractivity contribution >= 4 is 17.7 Å². The first kappa shape index (κ1) is 14.0. The molecule has 1 rings (SSSR count). The van der Waals surface area contributed by atoms with E-state index < -0.39 is 23.5 Å². The molecule has 0 aliphatic rings. The number of hydrogen-bond acceptors (Lipinski definition) is 3. The summed E-state index contributed by atoms with van der Waals surface area (Å²) in [6.45, 7) is 5.03. The molecule has 1 amide bonds. The molecule has 98 valence electrons. The van der Waals surface area contributed by atoms with E-state index in [-0.39, 0.29) is 11.3 Å². The largest absolute Gasteiger partial charge is 0.478 e. The molecule has 0 aliphatic carbocycles. The number of halogens is 1. The molecule has 18 heavy (non-hydrogen) atoms. The van der Waals surface area contributed by atoms with Crippen molar-refractivity contribution in [1.29, 1.82) is 0 Å². The molecule has 0 heterocycles. The normalized spacial score (nSPS) is 10.9. The Morgan fingerprint density at radius 2 is 1.94 bits per heavy atom. The monoisotopic (exact) mass is 255 g/mol. The summed E-state index contributed by atoms with van der Waals surface area (Å²) in [5.74, 6) is -2.03. The number of benzene rings is 1.